The van der Waals surface area contributed by atoms with Crippen LogP contribution < -0.4 is 9.64 Å². The van der Waals surface area contributed by atoms with Crippen LogP contribution >= 0.6 is 0 Å². The van der Waals surface area contributed by atoms with Crippen LogP contribution in [0.5, 0.6) is 5.75 Å². The smallest absolute Gasteiger partial charge is 0.228 e. The van der Waals surface area contributed by atoms with Crippen LogP contribution in [-0.2, 0) is 9.59 Å². The zero-order chi connectivity index (χ0) is 16.2. The van der Waals surface area contributed by atoms with Crippen molar-refractivity contribution in [2.45, 2.75) is 32.1 Å². The lowest BCUT2D eigenvalue weighted by Crippen LogP contribution is -2.38. The van der Waals surface area contributed by atoms with Gasteiger partial charge in [0.25, 0.3) is 0 Å². The quantitative estimate of drug-likeness (QED) is 0.860. The third kappa shape index (κ3) is 3.49. The van der Waals surface area contributed by atoms with Gasteiger partial charge in [0.1, 0.15) is 5.75 Å². The first-order valence-electron chi connectivity index (χ1n) is 8.42. The monoisotopic (exact) mass is 316 g/mol. The normalized spacial score (nSPS) is 22.1. The first-order valence-corrected chi connectivity index (χ1v) is 8.42. The molecule has 2 amide bonds. The van der Waals surface area contributed by atoms with Crippen LogP contribution in [0.15, 0.2) is 24.3 Å². The number of carbonyl (C=O) groups is 2. The summed E-state index contributed by atoms with van der Waals surface area (Å²) in [6.45, 7) is 2.17. The molecule has 0 saturated carbocycles. The highest BCUT2D eigenvalue weighted by atomic mass is 16.5. The molecule has 124 valence electrons. The van der Waals surface area contributed by atoms with Gasteiger partial charge < -0.3 is 14.5 Å². The minimum absolute atomic E-state index is 0.0309. The van der Waals surface area contributed by atoms with Crippen LogP contribution in [0, 0.1) is 5.92 Å². The highest BCUT2D eigenvalue weighted by molar-refractivity contribution is 6.00. The molecule has 1 atom stereocenters. The molecule has 0 N–H and O–H groups in total. The number of rotatable bonds is 3. The van der Waals surface area contributed by atoms with Gasteiger partial charge in [-0.25, -0.2) is 0 Å². The molecule has 0 radical (unpaired) electrons. The van der Waals surface area contributed by atoms with Crippen molar-refractivity contribution in [2.24, 2.45) is 5.92 Å². The molecule has 2 aliphatic heterocycles. The van der Waals surface area contributed by atoms with Crippen LogP contribution in [0.3, 0.4) is 0 Å². The van der Waals surface area contributed by atoms with Crippen molar-refractivity contribution < 1.29 is 14.3 Å². The second kappa shape index (κ2) is 7.02. The molecule has 23 heavy (non-hydrogen) atoms. The molecule has 5 heteroatoms. The molecule has 1 aromatic rings. The molecule has 1 unspecified atom stereocenters. The van der Waals surface area contributed by atoms with E-state index in [1.807, 2.05) is 29.2 Å². The van der Waals surface area contributed by atoms with E-state index in [4.69, 9.17) is 4.74 Å². The van der Waals surface area contributed by atoms with Gasteiger partial charge in [-0.2, -0.15) is 0 Å². The molecule has 2 fully saturated rings. The molecule has 2 saturated heterocycles. The fourth-order valence-corrected chi connectivity index (χ4v) is 3.43. The maximum atomic E-state index is 12.7. The lowest BCUT2D eigenvalue weighted by Gasteiger charge is -2.24. The highest BCUT2D eigenvalue weighted by Crippen LogP contribution is 2.28. The van der Waals surface area contributed by atoms with Gasteiger partial charge >= 0.3 is 0 Å². The van der Waals surface area contributed by atoms with Crippen LogP contribution in [-0.4, -0.2) is 43.5 Å². The maximum Gasteiger partial charge on any atom is 0.228 e. The Morgan fingerprint density at radius 3 is 2.35 bits per heavy atom. The summed E-state index contributed by atoms with van der Waals surface area (Å²) in [6.07, 6.45) is 4.88. The molecule has 2 aliphatic rings. The first kappa shape index (κ1) is 15.8. The summed E-state index contributed by atoms with van der Waals surface area (Å²) in [5, 5.41) is 0. The van der Waals surface area contributed by atoms with Gasteiger partial charge in [-0.3, -0.25) is 9.59 Å². The number of ether oxygens (including phenoxy) is 1. The molecule has 5 nitrogen and oxygen atoms in total. The average Bonchev–Trinajstić information content (AvgIpc) is 2.79. The number of amides is 2. The van der Waals surface area contributed by atoms with Crippen molar-refractivity contribution in [2.75, 3.05) is 31.6 Å². The van der Waals surface area contributed by atoms with Gasteiger partial charge in [0, 0.05) is 31.7 Å². The molecule has 2 heterocycles. The van der Waals surface area contributed by atoms with Crippen LogP contribution in [0.25, 0.3) is 0 Å². The number of hydrogen-bond acceptors (Lipinski definition) is 3. The first-order chi connectivity index (χ1) is 11.2. The van der Waals surface area contributed by atoms with Crippen molar-refractivity contribution >= 4 is 17.5 Å². The van der Waals surface area contributed by atoms with E-state index in [1.165, 1.54) is 12.8 Å². The van der Waals surface area contributed by atoms with Crippen molar-refractivity contribution in [3.05, 3.63) is 24.3 Å². The Balaban J connectivity index is 1.67. The van der Waals surface area contributed by atoms with E-state index in [1.54, 1.807) is 12.0 Å². The standard InChI is InChI=1S/C18H24N2O3/c1-23-16-8-6-15(7-9-16)20-13-14(12-17(20)21)18(22)19-10-4-2-3-5-11-19/h6-9,14H,2-5,10-13H2,1H3. The van der Waals surface area contributed by atoms with E-state index in [0.29, 0.717) is 13.0 Å². The predicted octanol–water partition coefficient (Wildman–Crippen LogP) is 2.45. The molecule has 1 aromatic carbocycles. The number of benzene rings is 1. The number of likely N-dealkylation sites (tertiary alicyclic amines) is 1. The van der Waals surface area contributed by atoms with Crippen LogP contribution in [0.1, 0.15) is 32.1 Å². The Bertz CT molecular complexity index is 562. The lowest BCUT2D eigenvalue weighted by atomic mass is 10.1. The summed E-state index contributed by atoms with van der Waals surface area (Å²) >= 11 is 0. The maximum absolute atomic E-state index is 12.7. The average molecular weight is 316 g/mol. The summed E-state index contributed by atoms with van der Waals surface area (Å²) in [4.78, 5) is 28.7. The predicted molar refractivity (Wildman–Crippen MR) is 88.5 cm³/mol. The molecular weight excluding hydrogens is 292 g/mol. The third-order valence-corrected chi connectivity index (χ3v) is 4.78. The van der Waals surface area contributed by atoms with E-state index in [2.05, 4.69) is 0 Å². The van der Waals surface area contributed by atoms with Crippen molar-refractivity contribution in [3.8, 4) is 5.75 Å². The van der Waals surface area contributed by atoms with E-state index in [-0.39, 0.29) is 17.7 Å². The van der Waals surface area contributed by atoms with E-state index in [0.717, 1.165) is 37.4 Å². The Morgan fingerprint density at radius 2 is 1.74 bits per heavy atom. The number of anilines is 1. The summed E-state index contributed by atoms with van der Waals surface area (Å²) in [7, 11) is 1.62. The van der Waals surface area contributed by atoms with E-state index >= 15 is 0 Å². The lowest BCUT2D eigenvalue weighted by molar-refractivity contribution is -0.135. The Morgan fingerprint density at radius 1 is 1.09 bits per heavy atom. The third-order valence-electron chi connectivity index (χ3n) is 4.78. The number of nitrogens with zero attached hydrogens (tertiary/aromatic N) is 2. The van der Waals surface area contributed by atoms with Crippen LogP contribution in [0.2, 0.25) is 0 Å². The van der Waals surface area contributed by atoms with Gasteiger partial charge in [0.05, 0.1) is 13.0 Å². The summed E-state index contributed by atoms with van der Waals surface area (Å²) in [5.74, 6) is 0.736. The molecule has 3 rings (SSSR count). The second-order valence-electron chi connectivity index (χ2n) is 6.34. The van der Waals surface area contributed by atoms with E-state index in [9.17, 15) is 9.59 Å². The van der Waals surface area contributed by atoms with Crippen molar-refractivity contribution in [1.82, 2.24) is 4.90 Å². The topological polar surface area (TPSA) is 49.9 Å². The summed E-state index contributed by atoms with van der Waals surface area (Å²) < 4.78 is 5.14. The summed E-state index contributed by atoms with van der Waals surface area (Å²) in [6, 6.07) is 7.42. The van der Waals surface area contributed by atoms with Crippen molar-refractivity contribution in [3.63, 3.8) is 0 Å². The zero-order valence-corrected chi connectivity index (χ0v) is 13.7. The molecule has 0 aliphatic carbocycles. The van der Waals surface area contributed by atoms with Crippen LogP contribution in [0.4, 0.5) is 5.69 Å². The van der Waals surface area contributed by atoms with Gasteiger partial charge in [0.2, 0.25) is 11.8 Å². The zero-order valence-electron chi connectivity index (χ0n) is 13.7. The van der Waals surface area contributed by atoms with E-state index < -0.39 is 0 Å². The number of hydrogen-bond donors (Lipinski definition) is 0. The molecule has 0 bridgehead atoms. The molecule has 0 spiro atoms. The van der Waals surface area contributed by atoms with Crippen molar-refractivity contribution in [1.29, 1.82) is 0 Å². The minimum atomic E-state index is -0.206. The van der Waals surface area contributed by atoms with Gasteiger partial charge in [-0.15, -0.1) is 0 Å². The Hall–Kier alpha value is -2.04. The van der Waals surface area contributed by atoms with Gasteiger partial charge in [-0.05, 0) is 37.1 Å². The summed E-state index contributed by atoms with van der Waals surface area (Å²) in [5.41, 5.74) is 0.835. The molecular formula is C18H24N2O3. The second-order valence-corrected chi connectivity index (χ2v) is 6.34. The fraction of sp³-hybridized carbons (Fsp3) is 0.556. The highest BCUT2D eigenvalue weighted by Gasteiger charge is 2.37. The Labute approximate surface area is 137 Å². The SMILES string of the molecule is COc1ccc(N2CC(C(=O)N3CCCCCC3)CC2=O)cc1. The number of methoxy groups -OCH3 is 1. The largest absolute Gasteiger partial charge is 0.497 e. The molecule has 0 aromatic heterocycles. The number of carbonyl (C=O) groups excluding carboxylic acids is 2. The van der Waals surface area contributed by atoms with Gasteiger partial charge in [0.15, 0.2) is 0 Å². The Kier molecular flexibility index (Phi) is 4.84. The van der Waals surface area contributed by atoms with Gasteiger partial charge in [-0.1, -0.05) is 12.8 Å². The fourth-order valence-electron chi connectivity index (χ4n) is 3.43. The minimum Gasteiger partial charge on any atom is -0.497 e.